The van der Waals surface area contributed by atoms with Crippen molar-refractivity contribution in [2.45, 2.75) is 19.0 Å². The molecule has 0 saturated heterocycles. The van der Waals surface area contributed by atoms with Crippen molar-refractivity contribution < 1.29 is 27.5 Å². The van der Waals surface area contributed by atoms with Crippen molar-refractivity contribution in [2.24, 2.45) is 5.73 Å². The first-order valence-corrected chi connectivity index (χ1v) is 4.68. The Kier molecular flexibility index (Phi) is 7.29. The van der Waals surface area contributed by atoms with Crippen LogP contribution in [-0.2, 0) is 41.6 Å². The van der Waals surface area contributed by atoms with E-state index < -0.39 is 5.50 Å². The van der Waals surface area contributed by atoms with Crippen molar-refractivity contribution in [3.63, 3.8) is 0 Å². The van der Waals surface area contributed by atoms with Crippen LogP contribution in [0.5, 0.6) is 5.75 Å². The summed E-state index contributed by atoms with van der Waals surface area (Å²) in [6.45, 7) is 2.31. The van der Waals surface area contributed by atoms with Crippen LogP contribution in [0.15, 0.2) is 18.2 Å². The molecule has 6 heteroatoms. The Morgan fingerprint density at radius 3 is 2.87 bits per heavy atom. The van der Waals surface area contributed by atoms with Gasteiger partial charge in [0.15, 0.2) is 0 Å². The molecule has 0 bridgehead atoms. The summed E-state index contributed by atoms with van der Waals surface area (Å²) < 4.78 is 0. The van der Waals surface area contributed by atoms with Gasteiger partial charge in [0.25, 0.3) is 0 Å². The first-order valence-electron chi connectivity index (χ1n) is 4.21. The minimum absolute atomic E-state index is 0. The molecule has 4 N–H and O–H groups in total. The van der Waals surface area contributed by atoms with Gasteiger partial charge in [0, 0.05) is 22.4 Å². The smallest absolute Gasteiger partial charge is 0.117 e. The number of nitrogens with one attached hydrogen (secondary N) is 1. The summed E-state index contributed by atoms with van der Waals surface area (Å²) in [5.41, 5.74) is 13.0. The molecule has 1 unspecified atom stereocenters. The predicted molar refractivity (Wildman–Crippen MR) is 58.4 cm³/mol. The average Bonchev–Trinajstić information content (AvgIpc) is 2.10. The molecule has 0 aliphatic heterocycles. The van der Waals surface area contributed by atoms with Gasteiger partial charge in [0.1, 0.15) is 5.75 Å². The fourth-order valence-electron chi connectivity index (χ4n) is 1.06. The van der Waals surface area contributed by atoms with Crippen LogP contribution in [-0.4, -0.2) is 10.6 Å². The van der Waals surface area contributed by atoms with Gasteiger partial charge in [0.05, 0.1) is 0 Å². The van der Waals surface area contributed by atoms with E-state index in [1.54, 1.807) is 6.07 Å². The van der Waals surface area contributed by atoms with Crippen LogP contribution in [0.4, 0.5) is 0 Å². The third kappa shape index (κ3) is 5.58. The zero-order valence-electron chi connectivity index (χ0n) is 8.20. The van der Waals surface area contributed by atoms with Crippen LogP contribution in [0, 0.1) is 6.92 Å². The Hall–Kier alpha value is -0.00974. The summed E-state index contributed by atoms with van der Waals surface area (Å²) in [7, 11) is 0. The SMILES string of the molecule is Cc1ccc(O)c(C[N-]NC(N)[S-])c1.[Au]. The zero-order chi connectivity index (χ0) is 10.6. The topological polar surface area (TPSA) is 72.4 Å². The first-order chi connectivity index (χ1) is 6.59. The van der Waals surface area contributed by atoms with Crippen molar-refractivity contribution >= 4 is 12.6 Å². The molecule has 0 amide bonds. The minimum Gasteiger partial charge on any atom is -0.761 e. The number of phenols is 1. The second kappa shape index (κ2) is 7.29. The van der Waals surface area contributed by atoms with Gasteiger partial charge >= 0.3 is 0 Å². The van der Waals surface area contributed by atoms with Crippen molar-refractivity contribution in [2.75, 3.05) is 0 Å². The summed E-state index contributed by atoms with van der Waals surface area (Å²) in [6, 6.07) is 5.36. The molecule has 0 aliphatic carbocycles. The van der Waals surface area contributed by atoms with E-state index in [0.29, 0.717) is 6.54 Å². The molecule has 0 fully saturated rings. The fourth-order valence-corrected chi connectivity index (χ4v) is 1.14. The van der Waals surface area contributed by atoms with Crippen LogP contribution < -0.4 is 11.2 Å². The molecular weight excluding hydrogens is 395 g/mol. The van der Waals surface area contributed by atoms with Crippen molar-refractivity contribution in [1.82, 2.24) is 5.43 Å². The van der Waals surface area contributed by atoms with Gasteiger partial charge in [-0.25, -0.2) is 0 Å². The van der Waals surface area contributed by atoms with E-state index >= 15 is 0 Å². The summed E-state index contributed by atoms with van der Waals surface area (Å²) in [5, 5.41) is 9.46. The maximum absolute atomic E-state index is 9.46. The first kappa shape index (κ1) is 15.0. The third-order valence-electron chi connectivity index (χ3n) is 1.70. The number of benzene rings is 1. The van der Waals surface area contributed by atoms with Crippen molar-refractivity contribution in [1.29, 1.82) is 0 Å². The number of phenolic OH excluding ortho intramolecular Hbond substituents is 1. The van der Waals surface area contributed by atoms with Crippen molar-refractivity contribution in [3.8, 4) is 5.75 Å². The summed E-state index contributed by atoms with van der Waals surface area (Å²) in [6.07, 6.45) is 0. The second-order valence-electron chi connectivity index (χ2n) is 3.00. The van der Waals surface area contributed by atoms with Crippen LogP contribution in [0.2, 0.25) is 0 Å². The molecule has 89 valence electrons. The second-order valence-corrected chi connectivity index (χ2v) is 3.51. The quantitative estimate of drug-likeness (QED) is 0.299. The molecule has 1 radical (unpaired) electrons. The van der Waals surface area contributed by atoms with Crippen LogP contribution in [0.1, 0.15) is 11.1 Å². The van der Waals surface area contributed by atoms with Gasteiger partial charge in [-0.1, -0.05) is 23.2 Å². The summed E-state index contributed by atoms with van der Waals surface area (Å²) >= 11 is 4.66. The Bertz CT molecular complexity index is 309. The molecule has 0 aliphatic rings. The van der Waals surface area contributed by atoms with Gasteiger partial charge in [-0.2, -0.15) is 0 Å². The van der Waals surface area contributed by atoms with Gasteiger partial charge in [-0.3, -0.25) is 0 Å². The van der Waals surface area contributed by atoms with Gasteiger partial charge < -0.3 is 34.3 Å². The van der Waals surface area contributed by atoms with Crippen molar-refractivity contribution in [3.05, 3.63) is 34.8 Å². The van der Waals surface area contributed by atoms with Crippen LogP contribution in [0.25, 0.3) is 5.43 Å². The summed E-state index contributed by atoms with van der Waals surface area (Å²) in [5.74, 6) is 0.235. The maximum Gasteiger partial charge on any atom is 0.117 e. The Morgan fingerprint density at radius 2 is 2.27 bits per heavy atom. The standard InChI is InChI=1S/C9H14N3OS.Au/c1-6-2-3-8(13)7(4-6)5-11-12-9(10)14;/h2-4,9,12-14H,5,10H2,1H3;/q-1;/p-1. The molecule has 1 rings (SSSR count). The largest absolute Gasteiger partial charge is 0.761 e. The monoisotopic (exact) mass is 408 g/mol. The molecule has 0 saturated carbocycles. The van der Waals surface area contributed by atoms with E-state index in [1.165, 1.54) is 0 Å². The molecule has 4 nitrogen and oxygen atoms in total. The number of nitrogens with zero attached hydrogens (tertiary/aromatic N) is 1. The number of aromatic hydroxyl groups is 1. The molecule has 15 heavy (non-hydrogen) atoms. The van der Waals surface area contributed by atoms with Gasteiger partial charge in [-0.15, -0.1) is 6.54 Å². The molecule has 0 heterocycles. The molecule has 1 atom stereocenters. The third-order valence-corrected chi connectivity index (χ3v) is 1.81. The molecule has 0 spiro atoms. The molecule has 0 aromatic heterocycles. The van der Waals surface area contributed by atoms with Crippen LogP contribution in [0.3, 0.4) is 0 Å². The fraction of sp³-hybridized carbons (Fsp3) is 0.333. The van der Waals surface area contributed by atoms with Gasteiger partial charge in [0.2, 0.25) is 0 Å². The van der Waals surface area contributed by atoms with Gasteiger partial charge in [-0.05, 0) is 18.6 Å². The molecular formula is C9H13AuN3OS-2. The Labute approximate surface area is 111 Å². The normalized spacial score (nSPS) is 11.9. The predicted octanol–water partition coefficient (Wildman–Crippen LogP) is 0.866. The summed E-state index contributed by atoms with van der Waals surface area (Å²) in [4.78, 5) is 0. The maximum atomic E-state index is 9.46. The number of rotatable bonds is 4. The Morgan fingerprint density at radius 1 is 1.60 bits per heavy atom. The van der Waals surface area contributed by atoms with E-state index in [0.717, 1.165) is 11.1 Å². The molecule has 1 aromatic carbocycles. The number of nitrogens with two attached hydrogens (primary N) is 1. The zero-order valence-corrected chi connectivity index (χ0v) is 11.2. The van der Waals surface area contributed by atoms with E-state index in [-0.39, 0.29) is 28.1 Å². The minimum atomic E-state index is -0.582. The average molecular weight is 408 g/mol. The number of aryl methyl sites for hydroxylation is 1. The number of hydrogen-bond acceptors (Lipinski definition) is 4. The Balaban J connectivity index is 0.00000196. The van der Waals surface area contributed by atoms with E-state index in [2.05, 4.69) is 23.5 Å². The van der Waals surface area contributed by atoms with E-state index in [4.69, 9.17) is 5.73 Å². The molecule has 1 aromatic rings. The van der Waals surface area contributed by atoms with E-state index in [9.17, 15) is 5.11 Å². The number of hydrogen-bond donors (Lipinski definition) is 3. The van der Waals surface area contributed by atoms with Crippen LogP contribution >= 0.6 is 0 Å². The van der Waals surface area contributed by atoms with E-state index in [1.807, 2.05) is 19.1 Å².